The fourth-order valence-electron chi connectivity index (χ4n) is 2.17. The number of nitrogens with zero attached hydrogens (tertiary/aromatic N) is 2. The van der Waals surface area contributed by atoms with Crippen LogP contribution in [0.2, 0.25) is 0 Å². The average Bonchev–Trinajstić information content (AvgIpc) is 3.07. The molecule has 3 rings (SSSR count). The molecule has 0 aliphatic carbocycles. The van der Waals surface area contributed by atoms with Crippen molar-refractivity contribution < 1.29 is 9.21 Å². The zero-order valence-corrected chi connectivity index (χ0v) is 11.8. The molecule has 0 atom stereocenters. The number of hydrogen-bond acceptors (Lipinski definition) is 3. The Labute approximate surface area is 122 Å². The summed E-state index contributed by atoms with van der Waals surface area (Å²) in [6.07, 6.45) is 3.15. The molecule has 0 aliphatic rings. The molecule has 1 aromatic carbocycles. The number of nitrogens with one attached hydrogen (secondary N) is 1. The molecule has 5 heteroatoms. The molecule has 0 fully saturated rings. The molecule has 0 bridgehead atoms. The van der Waals surface area contributed by atoms with Crippen LogP contribution in [-0.2, 0) is 0 Å². The topological polar surface area (TPSA) is 60.1 Å². The first kappa shape index (κ1) is 13.2. The Morgan fingerprint density at radius 1 is 1.19 bits per heavy atom. The summed E-state index contributed by atoms with van der Waals surface area (Å²) in [5, 5.41) is 7.18. The van der Waals surface area contributed by atoms with E-state index in [9.17, 15) is 4.79 Å². The van der Waals surface area contributed by atoms with Crippen LogP contribution in [0.15, 0.2) is 53.3 Å². The minimum Gasteiger partial charge on any atom is -0.469 e. The maximum absolute atomic E-state index is 12.2. The fourth-order valence-corrected chi connectivity index (χ4v) is 2.17. The number of para-hydroxylation sites is 1. The largest absolute Gasteiger partial charge is 0.469 e. The van der Waals surface area contributed by atoms with E-state index >= 15 is 0 Å². The number of carbonyl (C=O) groups excluding carboxylic acids is 1. The van der Waals surface area contributed by atoms with Crippen LogP contribution in [-0.4, -0.2) is 15.7 Å². The molecule has 0 aliphatic heterocycles. The van der Waals surface area contributed by atoms with Gasteiger partial charge in [-0.3, -0.25) is 4.79 Å². The smallest absolute Gasteiger partial charge is 0.259 e. The molecule has 2 heterocycles. The molecule has 3 aromatic rings. The van der Waals surface area contributed by atoms with Gasteiger partial charge in [-0.2, -0.15) is 5.10 Å². The Hall–Kier alpha value is -2.82. The van der Waals surface area contributed by atoms with Crippen LogP contribution in [0.3, 0.4) is 0 Å². The molecule has 2 aromatic heterocycles. The third-order valence-corrected chi connectivity index (χ3v) is 3.36. The van der Waals surface area contributed by atoms with Gasteiger partial charge in [-0.15, -0.1) is 0 Å². The lowest BCUT2D eigenvalue weighted by molar-refractivity contribution is 0.102. The Bertz CT molecular complexity index is 772. The molecule has 0 radical (unpaired) electrons. The first-order valence-electron chi connectivity index (χ1n) is 6.62. The second-order valence-corrected chi connectivity index (χ2v) is 4.74. The van der Waals surface area contributed by atoms with Gasteiger partial charge < -0.3 is 9.73 Å². The third-order valence-electron chi connectivity index (χ3n) is 3.36. The maximum Gasteiger partial charge on any atom is 0.259 e. The van der Waals surface area contributed by atoms with Crippen molar-refractivity contribution in [3.63, 3.8) is 0 Å². The summed E-state index contributed by atoms with van der Waals surface area (Å²) in [4.78, 5) is 12.2. The number of benzene rings is 1. The van der Waals surface area contributed by atoms with Crippen LogP contribution < -0.4 is 5.32 Å². The van der Waals surface area contributed by atoms with E-state index in [0.717, 1.165) is 11.4 Å². The second-order valence-electron chi connectivity index (χ2n) is 4.74. The van der Waals surface area contributed by atoms with Crippen molar-refractivity contribution in [1.29, 1.82) is 0 Å². The van der Waals surface area contributed by atoms with E-state index in [-0.39, 0.29) is 5.91 Å². The van der Waals surface area contributed by atoms with Crippen molar-refractivity contribution in [2.75, 3.05) is 5.32 Å². The molecule has 1 amide bonds. The number of carbonyl (C=O) groups is 1. The van der Waals surface area contributed by atoms with Crippen LogP contribution in [0.5, 0.6) is 0 Å². The van der Waals surface area contributed by atoms with Gasteiger partial charge in [0.2, 0.25) is 0 Å². The van der Waals surface area contributed by atoms with E-state index in [0.29, 0.717) is 17.0 Å². The Morgan fingerprint density at radius 2 is 1.95 bits per heavy atom. The molecule has 106 valence electrons. The van der Waals surface area contributed by atoms with E-state index in [1.165, 1.54) is 6.26 Å². The zero-order chi connectivity index (χ0) is 14.8. The van der Waals surface area contributed by atoms with Gasteiger partial charge in [-0.25, -0.2) is 4.68 Å². The number of rotatable bonds is 3. The Kier molecular flexibility index (Phi) is 3.31. The van der Waals surface area contributed by atoms with Crippen LogP contribution in [0.25, 0.3) is 5.69 Å². The third kappa shape index (κ3) is 2.45. The summed E-state index contributed by atoms with van der Waals surface area (Å²) in [7, 11) is 0. The Balaban J connectivity index is 1.87. The molecule has 0 saturated heterocycles. The SMILES string of the molecule is Cc1occc1C(=O)Nc1cnn(-c2ccccc2)c1C. The van der Waals surface area contributed by atoms with Crippen LogP contribution in [0.4, 0.5) is 5.69 Å². The summed E-state index contributed by atoms with van der Waals surface area (Å²) >= 11 is 0. The van der Waals surface area contributed by atoms with Crippen LogP contribution in [0, 0.1) is 13.8 Å². The van der Waals surface area contributed by atoms with Gasteiger partial charge in [0.1, 0.15) is 5.76 Å². The molecule has 0 saturated carbocycles. The van der Waals surface area contributed by atoms with Crippen molar-refractivity contribution >= 4 is 11.6 Å². The van der Waals surface area contributed by atoms with Crippen molar-refractivity contribution in [3.05, 3.63) is 65.9 Å². The summed E-state index contributed by atoms with van der Waals surface area (Å²) in [5.41, 5.74) is 3.04. The Morgan fingerprint density at radius 3 is 2.62 bits per heavy atom. The lowest BCUT2D eigenvalue weighted by atomic mass is 10.2. The number of anilines is 1. The highest BCUT2D eigenvalue weighted by Crippen LogP contribution is 2.19. The lowest BCUT2D eigenvalue weighted by Crippen LogP contribution is -2.12. The van der Waals surface area contributed by atoms with E-state index in [1.54, 1.807) is 23.9 Å². The van der Waals surface area contributed by atoms with Gasteiger partial charge >= 0.3 is 0 Å². The summed E-state index contributed by atoms with van der Waals surface area (Å²) in [6.45, 7) is 3.67. The van der Waals surface area contributed by atoms with Gasteiger partial charge in [0.15, 0.2) is 0 Å². The van der Waals surface area contributed by atoms with Crippen molar-refractivity contribution in [2.45, 2.75) is 13.8 Å². The number of furan rings is 1. The monoisotopic (exact) mass is 281 g/mol. The number of hydrogen-bond donors (Lipinski definition) is 1. The van der Waals surface area contributed by atoms with E-state index in [1.807, 2.05) is 37.3 Å². The standard InChI is InChI=1S/C16H15N3O2/c1-11-15(18-16(20)14-8-9-21-12(14)2)10-17-19(11)13-6-4-3-5-7-13/h3-10H,1-2H3,(H,18,20). The van der Waals surface area contributed by atoms with Crippen molar-refractivity contribution in [3.8, 4) is 5.69 Å². The highest BCUT2D eigenvalue weighted by molar-refractivity contribution is 6.05. The minimum atomic E-state index is -0.197. The van der Waals surface area contributed by atoms with E-state index < -0.39 is 0 Å². The second kappa shape index (κ2) is 5.28. The fraction of sp³-hybridized carbons (Fsp3) is 0.125. The number of amides is 1. The van der Waals surface area contributed by atoms with Gasteiger partial charge in [-0.05, 0) is 32.0 Å². The molecular weight excluding hydrogens is 266 g/mol. The van der Waals surface area contributed by atoms with Gasteiger partial charge in [-0.1, -0.05) is 18.2 Å². The summed E-state index contributed by atoms with van der Waals surface area (Å²) < 4.78 is 6.94. The van der Waals surface area contributed by atoms with Gasteiger partial charge in [0, 0.05) is 0 Å². The average molecular weight is 281 g/mol. The number of aryl methyl sites for hydroxylation is 1. The van der Waals surface area contributed by atoms with E-state index in [4.69, 9.17) is 4.42 Å². The molecule has 1 N–H and O–H groups in total. The number of aromatic nitrogens is 2. The zero-order valence-electron chi connectivity index (χ0n) is 11.8. The minimum absolute atomic E-state index is 0.197. The highest BCUT2D eigenvalue weighted by atomic mass is 16.3. The maximum atomic E-state index is 12.2. The first-order valence-corrected chi connectivity index (χ1v) is 6.62. The molecule has 0 spiro atoms. The first-order chi connectivity index (χ1) is 10.2. The lowest BCUT2D eigenvalue weighted by Gasteiger charge is -2.06. The quantitative estimate of drug-likeness (QED) is 0.801. The summed E-state index contributed by atoms with van der Waals surface area (Å²) in [6, 6.07) is 11.4. The van der Waals surface area contributed by atoms with E-state index in [2.05, 4.69) is 10.4 Å². The molecule has 0 unspecified atom stereocenters. The van der Waals surface area contributed by atoms with Gasteiger partial charge in [0.25, 0.3) is 5.91 Å². The van der Waals surface area contributed by atoms with Crippen LogP contribution in [0.1, 0.15) is 21.8 Å². The predicted octanol–water partition coefficient (Wildman–Crippen LogP) is 3.33. The predicted molar refractivity (Wildman–Crippen MR) is 79.7 cm³/mol. The highest BCUT2D eigenvalue weighted by Gasteiger charge is 2.15. The van der Waals surface area contributed by atoms with Gasteiger partial charge in [0.05, 0.1) is 35.1 Å². The van der Waals surface area contributed by atoms with Crippen molar-refractivity contribution in [1.82, 2.24) is 9.78 Å². The summed E-state index contributed by atoms with van der Waals surface area (Å²) in [5.74, 6) is 0.401. The molecule has 21 heavy (non-hydrogen) atoms. The van der Waals surface area contributed by atoms with Crippen LogP contribution >= 0.6 is 0 Å². The molecule has 5 nitrogen and oxygen atoms in total. The normalized spacial score (nSPS) is 10.6. The van der Waals surface area contributed by atoms with Crippen molar-refractivity contribution in [2.24, 2.45) is 0 Å². The molecular formula is C16H15N3O2.